The van der Waals surface area contributed by atoms with Crippen LogP contribution < -0.4 is 8.92 Å². The molecule has 21 heavy (non-hydrogen) atoms. The van der Waals surface area contributed by atoms with Crippen molar-refractivity contribution < 1.29 is 18.2 Å². The highest BCUT2D eigenvalue weighted by Gasteiger charge is 2.06. The summed E-state index contributed by atoms with van der Waals surface area (Å²) in [5, 5.41) is 9.19. The summed E-state index contributed by atoms with van der Waals surface area (Å²) in [6.45, 7) is 2.80. The van der Waals surface area contributed by atoms with Gasteiger partial charge in [0.1, 0.15) is 17.2 Å². The van der Waals surface area contributed by atoms with Gasteiger partial charge in [-0.1, -0.05) is 13.3 Å². The molecule has 0 fully saturated rings. The Kier molecular flexibility index (Phi) is 5.63. The third kappa shape index (κ3) is 4.79. The van der Waals surface area contributed by atoms with Gasteiger partial charge in [-0.3, -0.25) is 0 Å². The summed E-state index contributed by atoms with van der Waals surface area (Å²) in [5.41, 5.74) is 0. The Morgan fingerprint density at radius 3 is 2.24 bits per heavy atom. The third-order valence-electron chi connectivity index (χ3n) is 2.79. The van der Waals surface area contributed by atoms with E-state index in [1.54, 1.807) is 36.4 Å². The Morgan fingerprint density at radius 2 is 1.62 bits per heavy atom. The van der Waals surface area contributed by atoms with Crippen molar-refractivity contribution in [3.05, 3.63) is 48.5 Å². The van der Waals surface area contributed by atoms with Gasteiger partial charge in [0, 0.05) is 0 Å². The molecule has 0 amide bonds. The number of rotatable bonds is 7. The molecule has 0 aromatic heterocycles. The lowest BCUT2D eigenvalue weighted by Gasteiger charge is -2.07. The van der Waals surface area contributed by atoms with Gasteiger partial charge < -0.3 is 14.0 Å². The Bertz CT molecular complexity index is 578. The van der Waals surface area contributed by atoms with E-state index in [1.165, 1.54) is 12.1 Å². The Morgan fingerprint density at radius 1 is 1.00 bits per heavy atom. The third-order valence-corrected chi connectivity index (χ3v) is 3.79. The van der Waals surface area contributed by atoms with Crippen LogP contribution in [0.25, 0.3) is 0 Å². The average Bonchev–Trinajstić information content (AvgIpc) is 2.50. The zero-order valence-electron chi connectivity index (χ0n) is 11.8. The molecule has 1 N–H and O–H groups in total. The number of phenolic OH excluding ortho intramolecular Hbond substituents is 1. The number of ether oxygens (including phenoxy) is 1. The highest BCUT2D eigenvalue weighted by molar-refractivity contribution is 7.80. The van der Waals surface area contributed by atoms with E-state index in [-0.39, 0.29) is 5.75 Å². The van der Waals surface area contributed by atoms with E-state index in [9.17, 15) is 9.32 Å². The van der Waals surface area contributed by atoms with Gasteiger partial charge in [0.2, 0.25) is 11.1 Å². The first-order chi connectivity index (χ1) is 10.2. The molecule has 4 nitrogen and oxygen atoms in total. The molecule has 0 heterocycles. The molecule has 0 aliphatic rings. The van der Waals surface area contributed by atoms with Crippen LogP contribution in [0.5, 0.6) is 17.2 Å². The van der Waals surface area contributed by atoms with Crippen molar-refractivity contribution in [3.8, 4) is 17.2 Å². The number of phenols is 1. The second-order valence-corrected chi connectivity index (χ2v) is 5.59. The second-order valence-electron chi connectivity index (χ2n) is 4.49. The van der Waals surface area contributed by atoms with Crippen LogP contribution in [0.4, 0.5) is 0 Å². The van der Waals surface area contributed by atoms with Gasteiger partial charge in [-0.2, -0.15) is 0 Å². The molecule has 0 bridgehead atoms. The summed E-state index contributed by atoms with van der Waals surface area (Å²) >= 11 is -1.61. The monoisotopic (exact) mass is 306 g/mol. The molecular weight excluding hydrogens is 288 g/mol. The molecule has 2 rings (SSSR count). The standard InChI is InChI=1S/C16H18O4S/c1-2-3-12-19-14-6-8-15(9-7-14)20-21(18)16-10-4-13(17)5-11-16/h4-11,17H,2-3,12H2,1H3. The SMILES string of the molecule is CCCCOc1ccc(OS(=O)c2ccc(O)cc2)cc1. The van der Waals surface area contributed by atoms with E-state index in [0.29, 0.717) is 17.3 Å². The first-order valence-electron chi connectivity index (χ1n) is 6.81. The predicted octanol–water partition coefficient (Wildman–Crippen LogP) is 3.67. The van der Waals surface area contributed by atoms with Crippen LogP contribution in [0.1, 0.15) is 19.8 Å². The summed E-state index contributed by atoms with van der Waals surface area (Å²) < 4.78 is 22.9. The number of unbranched alkanes of at least 4 members (excludes halogenated alkanes) is 1. The van der Waals surface area contributed by atoms with Gasteiger partial charge in [0.05, 0.1) is 11.5 Å². The molecule has 1 unspecified atom stereocenters. The Labute approximate surface area is 127 Å². The number of benzene rings is 2. The predicted molar refractivity (Wildman–Crippen MR) is 82.0 cm³/mol. The van der Waals surface area contributed by atoms with Crippen LogP contribution >= 0.6 is 0 Å². The highest BCUT2D eigenvalue weighted by Crippen LogP contribution is 2.21. The fourth-order valence-corrected chi connectivity index (χ4v) is 2.36. The second kappa shape index (κ2) is 7.69. The lowest BCUT2D eigenvalue weighted by molar-refractivity contribution is 0.309. The van der Waals surface area contributed by atoms with E-state index >= 15 is 0 Å². The first kappa shape index (κ1) is 15.4. The Hall–Kier alpha value is -2.01. The largest absolute Gasteiger partial charge is 0.508 e. The van der Waals surface area contributed by atoms with Crippen LogP contribution in [0.2, 0.25) is 0 Å². The van der Waals surface area contributed by atoms with Crippen molar-refractivity contribution >= 4 is 11.1 Å². The van der Waals surface area contributed by atoms with Crippen LogP contribution in [-0.2, 0) is 11.1 Å². The molecule has 0 spiro atoms. The molecule has 5 heteroatoms. The van der Waals surface area contributed by atoms with E-state index in [0.717, 1.165) is 18.6 Å². The molecule has 0 saturated carbocycles. The number of hydrogen-bond donors (Lipinski definition) is 1. The molecular formula is C16H18O4S. The van der Waals surface area contributed by atoms with Crippen molar-refractivity contribution in [2.75, 3.05) is 6.61 Å². The molecule has 2 aromatic carbocycles. The van der Waals surface area contributed by atoms with Crippen LogP contribution in [-0.4, -0.2) is 15.9 Å². The molecule has 0 saturated heterocycles. The fraction of sp³-hybridized carbons (Fsp3) is 0.250. The van der Waals surface area contributed by atoms with E-state index < -0.39 is 11.1 Å². The quantitative estimate of drug-likeness (QED) is 0.793. The van der Waals surface area contributed by atoms with Gasteiger partial charge in [-0.05, 0) is 55.0 Å². The summed E-state index contributed by atoms with van der Waals surface area (Å²) in [6, 6.07) is 13.1. The summed E-state index contributed by atoms with van der Waals surface area (Å²) in [6.07, 6.45) is 2.11. The van der Waals surface area contributed by atoms with Crippen molar-refractivity contribution in [1.82, 2.24) is 0 Å². The zero-order chi connectivity index (χ0) is 15.1. The van der Waals surface area contributed by atoms with Gasteiger partial charge in [-0.25, -0.2) is 4.21 Å². The average molecular weight is 306 g/mol. The molecule has 1 atom stereocenters. The van der Waals surface area contributed by atoms with Gasteiger partial charge in [0.25, 0.3) is 0 Å². The zero-order valence-corrected chi connectivity index (χ0v) is 12.6. The smallest absolute Gasteiger partial charge is 0.240 e. The highest BCUT2D eigenvalue weighted by atomic mass is 32.2. The van der Waals surface area contributed by atoms with Crippen molar-refractivity contribution in [2.24, 2.45) is 0 Å². The Balaban J connectivity index is 1.93. The van der Waals surface area contributed by atoms with Crippen LogP contribution in [0.15, 0.2) is 53.4 Å². The van der Waals surface area contributed by atoms with Gasteiger partial charge in [0.15, 0.2) is 0 Å². The maximum atomic E-state index is 12.0. The fourth-order valence-electron chi connectivity index (χ4n) is 1.62. The number of hydrogen-bond acceptors (Lipinski definition) is 4. The summed E-state index contributed by atoms with van der Waals surface area (Å²) in [4.78, 5) is 0.496. The molecule has 0 aliphatic heterocycles. The van der Waals surface area contributed by atoms with Gasteiger partial charge in [-0.15, -0.1) is 0 Å². The van der Waals surface area contributed by atoms with E-state index in [4.69, 9.17) is 8.92 Å². The van der Waals surface area contributed by atoms with E-state index in [1.807, 2.05) is 0 Å². The minimum atomic E-state index is -1.61. The molecule has 0 aliphatic carbocycles. The molecule has 0 radical (unpaired) electrons. The normalized spacial score (nSPS) is 11.9. The minimum absolute atomic E-state index is 0.129. The lowest BCUT2D eigenvalue weighted by atomic mass is 10.3. The van der Waals surface area contributed by atoms with Crippen molar-refractivity contribution in [3.63, 3.8) is 0 Å². The maximum absolute atomic E-state index is 12.0. The minimum Gasteiger partial charge on any atom is -0.508 e. The van der Waals surface area contributed by atoms with Crippen LogP contribution in [0.3, 0.4) is 0 Å². The molecule has 112 valence electrons. The lowest BCUT2D eigenvalue weighted by Crippen LogP contribution is -2.01. The first-order valence-corrected chi connectivity index (χ1v) is 7.88. The summed E-state index contributed by atoms with van der Waals surface area (Å²) in [7, 11) is 0. The van der Waals surface area contributed by atoms with Crippen molar-refractivity contribution in [1.29, 1.82) is 0 Å². The summed E-state index contributed by atoms with van der Waals surface area (Å²) in [5.74, 6) is 1.40. The van der Waals surface area contributed by atoms with E-state index in [2.05, 4.69) is 6.92 Å². The molecule has 2 aromatic rings. The van der Waals surface area contributed by atoms with Crippen LogP contribution in [0, 0.1) is 0 Å². The van der Waals surface area contributed by atoms with Gasteiger partial charge >= 0.3 is 0 Å². The number of aromatic hydroxyl groups is 1. The van der Waals surface area contributed by atoms with Crippen molar-refractivity contribution in [2.45, 2.75) is 24.7 Å². The topological polar surface area (TPSA) is 55.8 Å². The maximum Gasteiger partial charge on any atom is 0.240 e.